The van der Waals surface area contributed by atoms with Crippen LogP contribution in [0.5, 0.6) is 5.88 Å². The Labute approximate surface area is 95.0 Å². The van der Waals surface area contributed by atoms with E-state index in [0.717, 1.165) is 25.9 Å². The molecule has 2 rings (SSSR count). The zero-order valence-corrected chi connectivity index (χ0v) is 9.43. The summed E-state index contributed by atoms with van der Waals surface area (Å²) in [4.78, 5) is 8.31. The number of ether oxygens (including phenoxy) is 2. The molecule has 1 aromatic rings. The molecule has 0 spiro atoms. The zero-order chi connectivity index (χ0) is 11.4. The van der Waals surface area contributed by atoms with Crippen molar-refractivity contribution in [3.63, 3.8) is 0 Å². The van der Waals surface area contributed by atoms with Crippen molar-refractivity contribution in [2.24, 2.45) is 5.73 Å². The SMILES string of the molecule is COc1nccnc1C(N)CC1CCCO1. The summed E-state index contributed by atoms with van der Waals surface area (Å²) in [6.45, 7) is 0.842. The molecule has 5 heteroatoms. The lowest BCUT2D eigenvalue weighted by Crippen LogP contribution is -2.20. The molecule has 1 fully saturated rings. The third kappa shape index (κ3) is 2.48. The standard InChI is InChI=1S/C11H17N3O2/c1-15-11-10(13-4-5-14-11)9(12)7-8-3-2-6-16-8/h4-5,8-9H,2-3,6-7,12H2,1H3. The van der Waals surface area contributed by atoms with Crippen LogP contribution in [0.15, 0.2) is 12.4 Å². The van der Waals surface area contributed by atoms with Gasteiger partial charge in [-0.2, -0.15) is 0 Å². The van der Waals surface area contributed by atoms with Gasteiger partial charge in [0.25, 0.3) is 0 Å². The van der Waals surface area contributed by atoms with Crippen molar-refractivity contribution >= 4 is 0 Å². The smallest absolute Gasteiger partial charge is 0.236 e. The first kappa shape index (κ1) is 11.3. The Hall–Kier alpha value is -1.20. The molecule has 0 bridgehead atoms. The van der Waals surface area contributed by atoms with E-state index < -0.39 is 0 Å². The van der Waals surface area contributed by atoms with Crippen molar-refractivity contribution in [2.45, 2.75) is 31.4 Å². The highest BCUT2D eigenvalue weighted by Crippen LogP contribution is 2.26. The van der Waals surface area contributed by atoms with Crippen LogP contribution >= 0.6 is 0 Å². The summed E-state index contributed by atoms with van der Waals surface area (Å²) in [5.74, 6) is 0.507. The minimum atomic E-state index is -0.174. The first-order chi connectivity index (χ1) is 7.81. The maximum atomic E-state index is 6.09. The second kappa shape index (κ2) is 5.23. The Morgan fingerprint density at radius 2 is 2.38 bits per heavy atom. The molecule has 88 valence electrons. The van der Waals surface area contributed by atoms with Crippen LogP contribution in [0.1, 0.15) is 31.0 Å². The summed E-state index contributed by atoms with van der Waals surface area (Å²) in [6.07, 6.45) is 6.45. The zero-order valence-electron chi connectivity index (χ0n) is 9.43. The highest BCUT2D eigenvalue weighted by Gasteiger charge is 2.22. The van der Waals surface area contributed by atoms with E-state index in [1.54, 1.807) is 19.5 Å². The number of nitrogens with zero attached hydrogens (tertiary/aromatic N) is 2. The monoisotopic (exact) mass is 223 g/mol. The number of methoxy groups -OCH3 is 1. The Morgan fingerprint density at radius 3 is 3.06 bits per heavy atom. The average molecular weight is 223 g/mol. The van der Waals surface area contributed by atoms with Crippen molar-refractivity contribution in [3.8, 4) is 5.88 Å². The molecule has 0 saturated carbocycles. The fourth-order valence-electron chi connectivity index (χ4n) is 1.97. The van der Waals surface area contributed by atoms with Gasteiger partial charge >= 0.3 is 0 Å². The van der Waals surface area contributed by atoms with Gasteiger partial charge in [-0.1, -0.05) is 0 Å². The highest BCUT2D eigenvalue weighted by molar-refractivity contribution is 5.20. The predicted molar refractivity (Wildman–Crippen MR) is 59.1 cm³/mol. The summed E-state index contributed by atoms with van der Waals surface area (Å²) >= 11 is 0. The number of hydrogen-bond donors (Lipinski definition) is 1. The summed E-state index contributed by atoms with van der Waals surface area (Å²) < 4.78 is 10.7. The number of rotatable bonds is 4. The van der Waals surface area contributed by atoms with Gasteiger partial charge in [-0.25, -0.2) is 4.98 Å². The molecule has 0 radical (unpaired) electrons. The predicted octanol–water partition coefficient (Wildman–Crippen LogP) is 1.05. The lowest BCUT2D eigenvalue weighted by molar-refractivity contribution is 0.0977. The second-order valence-corrected chi connectivity index (χ2v) is 3.93. The minimum Gasteiger partial charge on any atom is -0.480 e. The fraction of sp³-hybridized carbons (Fsp3) is 0.636. The molecule has 1 aliphatic rings. The number of hydrogen-bond acceptors (Lipinski definition) is 5. The quantitative estimate of drug-likeness (QED) is 0.826. The van der Waals surface area contributed by atoms with Gasteiger partial charge in [-0.15, -0.1) is 0 Å². The highest BCUT2D eigenvalue weighted by atomic mass is 16.5. The van der Waals surface area contributed by atoms with E-state index in [4.69, 9.17) is 15.2 Å². The van der Waals surface area contributed by atoms with E-state index in [9.17, 15) is 0 Å². The molecule has 1 aromatic heterocycles. The number of nitrogens with two attached hydrogens (primary N) is 1. The van der Waals surface area contributed by atoms with E-state index in [1.807, 2.05) is 0 Å². The third-order valence-corrected chi connectivity index (χ3v) is 2.78. The van der Waals surface area contributed by atoms with Crippen LogP contribution < -0.4 is 10.5 Å². The first-order valence-corrected chi connectivity index (χ1v) is 5.53. The second-order valence-electron chi connectivity index (χ2n) is 3.93. The molecule has 2 heterocycles. The van der Waals surface area contributed by atoms with Gasteiger partial charge in [0.05, 0.1) is 19.3 Å². The lowest BCUT2D eigenvalue weighted by Gasteiger charge is -2.16. The van der Waals surface area contributed by atoms with Crippen molar-refractivity contribution in [2.75, 3.05) is 13.7 Å². The topological polar surface area (TPSA) is 70.3 Å². The van der Waals surface area contributed by atoms with E-state index in [-0.39, 0.29) is 12.1 Å². The van der Waals surface area contributed by atoms with Crippen LogP contribution in [0.3, 0.4) is 0 Å². The molecule has 5 nitrogen and oxygen atoms in total. The van der Waals surface area contributed by atoms with E-state index in [2.05, 4.69) is 9.97 Å². The van der Waals surface area contributed by atoms with Crippen LogP contribution in [-0.2, 0) is 4.74 Å². The average Bonchev–Trinajstić information content (AvgIpc) is 2.81. The Balaban J connectivity index is 2.04. The molecule has 0 aliphatic carbocycles. The molecule has 1 aliphatic heterocycles. The Bertz CT molecular complexity index is 340. The molecule has 1 saturated heterocycles. The van der Waals surface area contributed by atoms with Crippen molar-refractivity contribution in [1.82, 2.24) is 9.97 Å². The van der Waals surface area contributed by atoms with Gasteiger partial charge in [0, 0.05) is 19.0 Å². The minimum absolute atomic E-state index is 0.174. The van der Waals surface area contributed by atoms with Crippen molar-refractivity contribution in [1.29, 1.82) is 0 Å². The lowest BCUT2D eigenvalue weighted by atomic mass is 10.0. The van der Waals surface area contributed by atoms with Gasteiger partial charge in [0.1, 0.15) is 5.69 Å². The van der Waals surface area contributed by atoms with Crippen molar-refractivity contribution < 1.29 is 9.47 Å². The van der Waals surface area contributed by atoms with Gasteiger partial charge in [0.2, 0.25) is 5.88 Å². The van der Waals surface area contributed by atoms with Gasteiger partial charge in [-0.3, -0.25) is 4.98 Å². The Morgan fingerprint density at radius 1 is 1.56 bits per heavy atom. The van der Waals surface area contributed by atoms with E-state index in [0.29, 0.717) is 11.6 Å². The van der Waals surface area contributed by atoms with Crippen LogP contribution in [0, 0.1) is 0 Å². The fourth-order valence-corrected chi connectivity index (χ4v) is 1.97. The molecule has 0 amide bonds. The molecule has 2 atom stereocenters. The molecule has 0 aromatic carbocycles. The summed E-state index contributed by atoms with van der Waals surface area (Å²) in [5, 5.41) is 0. The van der Waals surface area contributed by atoms with Crippen molar-refractivity contribution in [3.05, 3.63) is 18.1 Å². The molecular weight excluding hydrogens is 206 g/mol. The van der Waals surface area contributed by atoms with Gasteiger partial charge in [-0.05, 0) is 19.3 Å². The molecule has 2 unspecified atom stereocenters. The van der Waals surface area contributed by atoms with Gasteiger partial charge < -0.3 is 15.2 Å². The summed E-state index contributed by atoms with van der Waals surface area (Å²) in [6, 6.07) is -0.174. The summed E-state index contributed by atoms with van der Waals surface area (Å²) in [5.41, 5.74) is 6.80. The van der Waals surface area contributed by atoms with E-state index in [1.165, 1.54) is 0 Å². The normalized spacial score (nSPS) is 22.0. The van der Waals surface area contributed by atoms with Gasteiger partial charge in [0.15, 0.2) is 0 Å². The maximum Gasteiger partial charge on any atom is 0.236 e. The van der Waals surface area contributed by atoms with E-state index >= 15 is 0 Å². The van der Waals surface area contributed by atoms with Crippen LogP contribution in [0.4, 0.5) is 0 Å². The first-order valence-electron chi connectivity index (χ1n) is 5.53. The number of aromatic nitrogens is 2. The molecule has 16 heavy (non-hydrogen) atoms. The van der Waals surface area contributed by atoms with Crippen LogP contribution in [-0.4, -0.2) is 29.8 Å². The maximum absolute atomic E-state index is 6.09. The summed E-state index contributed by atoms with van der Waals surface area (Å²) in [7, 11) is 1.58. The Kier molecular flexibility index (Phi) is 3.69. The third-order valence-electron chi connectivity index (χ3n) is 2.78. The van der Waals surface area contributed by atoms with Crippen LogP contribution in [0.25, 0.3) is 0 Å². The largest absolute Gasteiger partial charge is 0.480 e. The molecular formula is C11H17N3O2. The molecule has 2 N–H and O–H groups in total. The van der Waals surface area contributed by atoms with Crippen LogP contribution in [0.2, 0.25) is 0 Å².